The van der Waals surface area contributed by atoms with Crippen LogP contribution in [0.5, 0.6) is 0 Å². The SMILES string of the molecule is CCCCC[NH+]1C=CC(CC)=C1.CS(=O)(=O)[O-]. The highest BCUT2D eigenvalue weighted by atomic mass is 32.2. The maximum absolute atomic E-state index is 9.08. The Labute approximate surface area is 105 Å². The lowest BCUT2D eigenvalue weighted by molar-refractivity contribution is -0.788. The van der Waals surface area contributed by atoms with Crippen molar-refractivity contribution in [1.29, 1.82) is 0 Å². The average molecular weight is 261 g/mol. The van der Waals surface area contributed by atoms with E-state index in [0.29, 0.717) is 6.26 Å². The Balaban J connectivity index is 0.000000437. The van der Waals surface area contributed by atoms with Crippen LogP contribution >= 0.6 is 0 Å². The minimum absolute atomic E-state index is 0.604. The van der Waals surface area contributed by atoms with Crippen LogP contribution in [0.3, 0.4) is 0 Å². The molecule has 4 nitrogen and oxygen atoms in total. The van der Waals surface area contributed by atoms with Gasteiger partial charge in [0.05, 0.1) is 22.9 Å². The Kier molecular flexibility index (Phi) is 8.12. The van der Waals surface area contributed by atoms with Crippen LogP contribution in [0.15, 0.2) is 24.0 Å². The van der Waals surface area contributed by atoms with Gasteiger partial charge in [0.2, 0.25) is 0 Å². The van der Waals surface area contributed by atoms with Gasteiger partial charge in [0, 0.05) is 17.9 Å². The number of quaternary nitrogens is 1. The van der Waals surface area contributed by atoms with Crippen molar-refractivity contribution < 1.29 is 17.9 Å². The predicted octanol–water partition coefficient (Wildman–Crippen LogP) is 1.04. The Bertz CT molecular complexity index is 350. The Morgan fingerprint density at radius 1 is 1.29 bits per heavy atom. The van der Waals surface area contributed by atoms with Gasteiger partial charge in [-0.05, 0) is 19.3 Å². The fourth-order valence-corrected chi connectivity index (χ4v) is 1.50. The topological polar surface area (TPSA) is 61.6 Å². The van der Waals surface area contributed by atoms with Crippen molar-refractivity contribution in [3.8, 4) is 0 Å². The quantitative estimate of drug-likeness (QED) is 0.594. The van der Waals surface area contributed by atoms with Crippen molar-refractivity contribution in [2.24, 2.45) is 0 Å². The summed E-state index contributed by atoms with van der Waals surface area (Å²) < 4.78 is 27.2. The fraction of sp³-hybridized carbons (Fsp3) is 0.667. The lowest BCUT2D eigenvalue weighted by Crippen LogP contribution is -3.01. The van der Waals surface area contributed by atoms with E-state index in [1.165, 1.54) is 42.7 Å². The van der Waals surface area contributed by atoms with Gasteiger partial charge in [-0.2, -0.15) is 0 Å². The van der Waals surface area contributed by atoms with Crippen LogP contribution < -0.4 is 4.90 Å². The lowest BCUT2D eigenvalue weighted by atomic mass is 10.2. The Morgan fingerprint density at radius 3 is 2.29 bits per heavy atom. The van der Waals surface area contributed by atoms with Gasteiger partial charge in [0.1, 0.15) is 6.20 Å². The van der Waals surface area contributed by atoms with E-state index in [2.05, 4.69) is 32.3 Å². The zero-order valence-corrected chi connectivity index (χ0v) is 11.7. The second-order valence-electron chi connectivity index (χ2n) is 4.14. The molecule has 1 aliphatic heterocycles. The molecule has 1 rings (SSSR count). The largest absolute Gasteiger partial charge is 0.748 e. The van der Waals surface area contributed by atoms with Crippen molar-refractivity contribution in [2.45, 2.75) is 39.5 Å². The Morgan fingerprint density at radius 2 is 1.88 bits per heavy atom. The summed E-state index contributed by atoms with van der Waals surface area (Å²) in [6.07, 6.45) is 12.7. The summed E-state index contributed by atoms with van der Waals surface area (Å²) in [5, 5.41) is 0. The first kappa shape index (κ1) is 16.4. The number of nitrogens with one attached hydrogen (secondary N) is 1. The minimum atomic E-state index is -3.92. The molecule has 0 saturated heterocycles. The van der Waals surface area contributed by atoms with Crippen molar-refractivity contribution in [2.75, 3.05) is 12.8 Å². The molecule has 0 aromatic heterocycles. The molecular weight excluding hydrogens is 238 g/mol. The van der Waals surface area contributed by atoms with Crippen LogP contribution in [0.2, 0.25) is 0 Å². The van der Waals surface area contributed by atoms with Crippen LogP contribution in [0, 0.1) is 0 Å². The fourth-order valence-electron chi connectivity index (χ4n) is 1.50. The van der Waals surface area contributed by atoms with Gasteiger partial charge in [-0.3, -0.25) is 4.90 Å². The lowest BCUT2D eigenvalue weighted by Gasteiger charge is -2.05. The van der Waals surface area contributed by atoms with Crippen molar-refractivity contribution in [1.82, 2.24) is 0 Å². The van der Waals surface area contributed by atoms with E-state index in [1.807, 2.05) is 0 Å². The van der Waals surface area contributed by atoms with E-state index in [-0.39, 0.29) is 0 Å². The van der Waals surface area contributed by atoms with E-state index in [1.54, 1.807) is 0 Å². The van der Waals surface area contributed by atoms with Gasteiger partial charge in [0.25, 0.3) is 0 Å². The van der Waals surface area contributed by atoms with Gasteiger partial charge in [-0.25, -0.2) is 8.42 Å². The van der Waals surface area contributed by atoms with Crippen LogP contribution in [0.4, 0.5) is 0 Å². The van der Waals surface area contributed by atoms with E-state index in [0.717, 1.165) is 0 Å². The highest BCUT2D eigenvalue weighted by molar-refractivity contribution is 7.84. The molecule has 0 fully saturated rings. The zero-order chi connectivity index (χ0) is 13.3. The molecule has 1 N–H and O–H groups in total. The number of allylic oxidation sites excluding steroid dienone is 2. The molecule has 0 aromatic rings. The highest BCUT2D eigenvalue weighted by Gasteiger charge is 2.08. The second kappa shape index (κ2) is 8.44. The molecule has 0 aromatic carbocycles. The van der Waals surface area contributed by atoms with Crippen LogP contribution in [0.1, 0.15) is 39.5 Å². The maximum atomic E-state index is 9.08. The summed E-state index contributed by atoms with van der Waals surface area (Å²) in [5.41, 5.74) is 1.49. The molecule has 1 unspecified atom stereocenters. The normalized spacial score (nSPS) is 18.6. The van der Waals surface area contributed by atoms with Crippen LogP contribution in [0.25, 0.3) is 0 Å². The summed E-state index contributed by atoms with van der Waals surface area (Å²) in [6, 6.07) is 0. The Hall–Kier alpha value is -0.650. The van der Waals surface area contributed by atoms with E-state index >= 15 is 0 Å². The second-order valence-corrected chi connectivity index (χ2v) is 5.55. The molecule has 100 valence electrons. The molecule has 0 amide bonds. The highest BCUT2D eigenvalue weighted by Crippen LogP contribution is 2.01. The molecule has 0 saturated carbocycles. The summed E-state index contributed by atoms with van der Waals surface area (Å²) >= 11 is 0. The van der Waals surface area contributed by atoms with Crippen molar-refractivity contribution in [3.05, 3.63) is 24.0 Å². The van der Waals surface area contributed by atoms with Gasteiger partial charge >= 0.3 is 0 Å². The monoisotopic (exact) mass is 261 g/mol. The third-order valence-corrected chi connectivity index (χ3v) is 2.36. The number of hydrogen-bond donors (Lipinski definition) is 1. The van der Waals surface area contributed by atoms with Gasteiger partial charge in [-0.1, -0.05) is 20.3 Å². The first-order valence-corrected chi connectivity index (χ1v) is 7.83. The molecule has 0 aliphatic carbocycles. The first-order chi connectivity index (χ1) is 7.86. The van der Waals surface area contributed by atoms with E-state index in [4.69, 9.17) is 13.0 Å². The average Bonchev–Trinajstić information content (AvgIpc) is 2.64. The molecule has 0 bridgehead atoms. The number of hydrogen-bond acceptors (Lipinski definition) is 3. The molecule has 5 heteroatoms. The molecule has 17 heavy (non-hydrogen) atoms. The smallest absolute Gasteiger partial charge is 0.102 e. The summed E-state index contributed by atoms with van der Waals surface area (Å²) in [4.78, 5) is 1.53. The molecule has 1 heterocycles. The summed E-state index contributed by atoms with van der Waals surface area (Å²) in [7, 11) is -3.92. The van der Waals surface area contributed by atoms with Crippen molar-refractivity contribution >= 4 is 10.1 Å². The van der Waals surface area contributed by atoms with E-state index < -0.39 is 10.1 Å². The molecular formula is C12H23NO3S. The van der Waals surface area contributed by atoms with Gasteiger partial charge in [-0.15, -0.1) is 0 Å². The molecule has 0 spiro atoms. The zero-order valence-electron chi connectivity index (χ0n) is 10.9. The maximum Gasteiger partial charge on any atom is 0.102 e. The predicted molar refractivity (Wildman–Crippen MR) is 68.5 cm³/mol. The van der Waals surface area contributed by atoms with E-state index in [9.17, 15) is 0 Å². The number of rotatable bonds is 5. The molecule has 1 aliphatic rings. The molecule has 1 atom stereocenters. The first-order valence-electron chi connectivity index (χ1n) is 6.02. The van der Waals surface area contributed by atoms with Gasteiger partial charge in [0.15, 0.2) is 0 Å². The molecule has 0 radical (unpaired) electrons. The standard InChI is InChI=1S/C11H19N.CH4O3S/c1-3-5-6-8-12-9-7-11(4-2)10-12;1-5(2,3)4/h7,9-10H,3-6,8H2,1-2H3;1H3,(H,2,3,4). The summed E-state index contributed by atoms with van der Waals surface area (Å²) in [5.74, 6) is 0. The third kappa shape index (κ3) is 11.6. The third-order valence-electron chi connectivity index (χ3n) is 2.36. The minimum Gasteiger partial charge on any atom is -0.748 e. The summed E-state index contributed by atoms with van der Waals surface area (Å²) in [6.45, 7) is 5.74. The van der Waals surface area contributed by atoms with Crippen LogP contribution in [-0.2, 0) is 10.1 Å². The van der Waals surface area contributed by atoms with Gasteiger partial charge < -0.3 is 4.55 Å². The number of unbranched alkanes of at least 4 members (excludes halogenated alkanes) is 2. The van der Waals surface area contributed by atoms with Crippen molar-refractivity contribution in [3.63, 3.8) is 0 Å². The van der Waals surface area contributed by atoms with Crippen LogP contribution in [-0.4, -0.2) is 25.8 Å².